The Morgan fingerprint density at radius 1 is 1.25 bits per heavy atom. The van der Waals surface area contributed by atoms with Crippen LogP contribution >= 0.6 is 12.4 Å². The van der Waals surface area contributed by atoms with Gasteiger partial charge in [0.15, 0.2) is 0 Å². The lowest BCUT2D eigenvalue weighted by Gasteiger charge is -2.20. The van der Waals surface area contributed by atoms with Gasteiger partial charge in [0.05, 0.1) is 19.8 Å². The molecule has 1 aliphatic carbocycles. The van der Waals surface area contributed by atoms with Crippen LogP contribution < -0.4 is 5.32 Å². The Kier molecular flexibility index (Phi) is 8.25. The van der Waals surface area contributed by atoms with Gasteiger partial charge in [0, 0.05) is 18.0 Å². The lowest BCUT2D eigenvalue weighted by atomic mass is 9.95. The van der Waals surface area contributed by atoms with Crippen LogP contribution in [0.5, 0.6) is 0 Å². The second kappa shape index (κ2) is 8.56. The Morgan fingerprint density at radius 2 is 2.00 bits per heavy atom. The van der Waals surface area contributed by atoms with Crippen molar-refractivity contribution >= 4 is 18.1 Å². The predicted octanol–water partition coefficient (Wildman–Crippen LogP) is 0.881. The van der Waals surface area contributed by atoms with Crippen LogP contribution in [0.15, 0.2) is 16.3 Å². The second-order valence-electron chi connectivity index (χ2n) is 3.66. The van der Waals surface area contributed by atoms with Gasteiger partial charge in [0.1, 0.15) is 0 Å². The van der Waals surface area contributed by atoms with Gasteiger partial charge >= 0.3 is 0 Å². The van der Waals surface area contributed by atoms with Crippen LogP contribution in [0.4, 0.5) is 0 Å². The third-order valence-electron chi connectivity index (χ3n) is 2.58. The van der Waals surface area contributed by atoms with E-state index in [9.17, 15) is 0 Å². The van der Waals surface area contributed by atoms with Crippen LogP contribution in [0.3, 0.4) is 0 Å². The molecule has 0 aliphatic heterocycles. The molecule has 0 unspecified atom stereocenters. The number of nitrogens with one attached hydrogen (secondary N) is 1. The molecule has 0 aromatic heterocycles. The van der Waals surface area contributed by atoms with Gasteiger partial charge in [0.25, 0.3) is 0 Å². The Labute approximate surface area is 103 Å². The van der Waals surface area contributed by atoms with Crippen LogP contribution in [0, 0.1) is 0 Å². The highest BCUT2D eigenvalue weighted by atomic mass is 35.5. The second-order valence-corrected chi connectivity index (χ2v) is 3.66. The first kappa shape index (κ1) is 15.4. The molecule has 0 bridgehead atoms. The molecule has 1 aliphatic rings. The summed E-state index contributed by atoms with van der Waals surface area (Å²) in [7, 11) is 0. The van der Waals surface area contributed by atoms with Gasteiger partial charge in [-0.2, -0.15) is 0 Å². The van der Waals surface area contributed by atoms with Gasteiger partial charge in [-0.25, -0.2) is 0 Å². The van der Waals surface area contributed by atoms with Crippen molar-refractivity contribution in [1.29, 1.82) is 0 Å². The van der Waals surface area contributed by atoms with E-state index in [2.05, 4.69) is 17.2 Å². The van der Waals surface area contributed by atoms with E-state index in [-0.39, 0.29) is 25.6 Å². The van der Waals surface area contributed by atoms with Gasteiger partial charge in [-0.15, -0.1) is 12.4 Å². The minimum Gasteiger partial charge on any atom is -0.395 e. The van der Waals surface area contributed by atoms with Crippen molar-refractivity contribution in [3.63, 3.8) is 0 Å². The molecule has 0 fully saturated rings. The van der Waals surface area contributed by atoms with E-state index < -0.39 is 0 Å². The molecule has 0 atom stereocenters. The van der Waals surface area contributed by atoms with E-state index >= 15 is 0 Å². The average Bonchev–Trinajstić information content (AvgIpc) is 2.26. The summed E-state index contributed by atoms with van der Waals surface area (Å²) in [5.74, 6) is 0. The van der Waals surface area contributed by atoms with Crippen molar-refractivity contribution in [2.75, 3.05) is 26.3 Å². The number of hydrogen-bond donors (Lipinski definition) is 3. The summed E-state index contributed by atoms with van der Waals surface area (Å²) in [5.41, 5.74) is 3.46. The van der Waals surface area contributed by atoms with E-state index in [1.807, 2.05) is 0 Å². The molecule has 0 heterocycles. The van der Waals surface area contributed by atoms with Gasteiger partial charge in [-0.1, -0.05) is 0 Å². The van der Waals surface area contributed by atoms with E-state index in [4.69, 9.17) is 10.2 Å². The number of aliphatic hydroxyl groups excluding tert-OH is 2. The third kappa shape index (κ3) is 4.51. The first-order valence-corrected chi connectivity index (χ1v) is 5.48. The molecule has 4 nitrogen and oxygen atoms in total. The van der Waals surface area contributed by atoms with Crippen molar-refractivity contribution < 1.29 is 10.2 Å². The Hall–Kier alpha value is -0.580. The fraction of sp³-hybridized carbons (Fsp3) is 0.727. The smallest absolute Gasteiger partial charge is 0.0627 e. The first-order valence-electron chi connectivity index (χ1n) is 5.48. The number of rotatable bonds is 5. The maximum absolute atomic E-state index is 8.74. The summed E-state index contributed by atoms with van der Waals surface area (Å²) < 4.78 is 0. The summed E-state index contributed by atoms with van der Waals surface area (Å²) in [6.45, 7) is 3.39. The van der Waals surface area contributed by atoms with Gasteiger partial charge in [0.2, 0.25) is 0 Å². The quantitative estimate of drug-likeness (QED) is 0.677. The fourth-order valence-corrected chi connectivity index (χ4v) is 1.79. The highest BCUT2D eigenvalue weighted by Gasteiger charge is 2.14. The molecular weight excluding hydrogens is 228 g/mol. The zero-order chi connectivity index (χ0) is 11.1. The largest absolute Gasteiger partial charge is 0.395 e. The third-order valence-corrected chi connectivity index (χ3v) is 2.58. The molecule has 1 rings (SSSR count). The highest BCUT2D eigenvalue weighted by Crippen LogP contribution is 2.20. The van der Waals surface area contributed by atoms with Gasteiger partial charge in [-0.3, -0.25) is 4.99 Å². The van der Waals surface area contributed by atoms with Crippen LogP contribution in [0.25, 0.3) is 0 Å². The minimum atomic E-state index is 0. The predicted molar refractivity (Wildman–Crippen MR) is 68.3 cm³/mol. The average molecular weight is 249 g/mol. The number of hydrogen-bond acceptors (Lipinski definition) is 4. The van der Waals surface area contributed by atoms with Crippen LogP contribution in [-0.4, -0.2) is 42.2 Å². The van der Waals surface area contributed by atoms with E-state index in [1.165, 1.54) is 11.3 Å². The van der Waals surface area contributed by atoms with Crippen LogP contribution in [0.1, 0.15) is 26.2 Å². The number of halogens is 1. The summed E-state index contributed by atoms with van der Waals surface area (Å²) in [4.78, 5) is 4.35. The van der Waals surface area contributed by atoms with E-state index in [1.54, 1.807) is 0 Å². The molecule has 16 heavy (non-hydrogen) atoms. The number of aliphatic imine (C=N–C) groups is 1. The standard InChI is InChI=1S/C11H20N2O2.ClH/c1-9-10(12-5-7-14)3-2-4-11(9)13-6-8-15;/h12,14-15H,2-8H2,1H3;1H/b13-11+;. The zero-order valence-corrected chi connectivity index (χ0v) is 10.5. The summed E-state index contributed by atoms with van der Waals surface area (Å²) in [5, 5.41) is 20.7. The Morgan fingerprint density at radius 3 is 2.62 bits per heavy atom. The number of nitrogens with zero attached hydrogens (tertiary/aromatic N) is 1. The summed E-state index contributed by atoms with van der Waals surface area (Å²) in [6.07, 6.45) is 3.12. The van der Waals surface area contributed by atoms with Crippen LogP contribution in [0.2, 0.25) is 0 Å². The number of aliphatic hydroxyl groups is 2. The topological polar surface area (TPSA) is 64.8 Å². The van der Waals surface area contributed by atoms with E-state index in [0.29, 0.717) is 13.1 Å². The Bertz CT molecular complexity index is 265. The molecule has 0 spiro atoms. The monoisotopic (exact) mass is 248 g/mol. The maximum Gasteiger partial charge on any atom is 0.0627 e. The lowest BCUT2D eigenvalue weighted by Crippen LogP contribution is -2.24. The fourth-order valence-electron chi connectivity index (χ4n) is 1.79. The Balaban J connectivity index is 0.00000225. The maximum atomic E-state index is 8.74. The lowest BCUT2D eigenvalue weighted by molar-refractivity contribution is 0.296. The molecule has 94 valence electrons. The molecule has 0 saturated carbocycles. The molecule has 0 saturated heterocycles. The first-order chi connectivity index (χ1) is 7.29. The molecular formula is C11H21ClN2O2. The van der Waals surface area contributed by atoms with Crippen molar-refractivity contribution in [2.45, 2.75) is 26.2 Å². The molecule has 0 amide bonds. The van der Waals surface area contributed by atoms with Crippen LogP contribution in [-0.2, 0) is 0 Å². The van der Waals surface area contributed by atoms with Crippen molar-refractivity contribution in [3.8, 4) is 0 Å². The SMILES string of the molecule is CC1=C(NCCO)CCC/C1=N\CCO.Cl. The van der Waals surface area contributed by atoms with Crippen molar-refractivity contribution in [3.05, 3.63) is 11.3 Å². The van der Waals surface area contributed by atoms with E-state index in [0.717, 1.165) is 25.0 Å². The molecule has 5 heteroatoms. The molecule has 0 aromatic carbocycles. The van der Waals surface area contributed by atoms with Crippen molar-refractivity contribution in [2.24, 2.45) is 4.99 Å². The van der Waals surface area contributed by atoms with Gasteiger partial charge in [-0.05, 0) is 31.8 Å². The van der Waals surface area contributed by atoms with Crippen molar-refractivity contribution in [1.82, 2.24) is 5.32 Å². The minimum absolute atomic E-state index is 0. The molecule has 0 radical (unpaired) electrons. The highest BCUT2D eigenvalue weighted by molar-refractivity contribution is 6.00. The number of allylic oxidation sites excluding steroid dienone is 2. The summed E-state index contributed by atoms with van der Waals surface area (Å²) in [6, 6.07) is 0. The zero-order valence-electron chi connectivity index (χ0n) is 9.70. The summed E-state index contributed by atoms with van der Waals surface area (Å²) >= 11 is 0. The van der Waals surface area contributed by atoms with Gasteiger partial charge < -0.3 is 15.5 Å². The normalized spacial score (nSPS) is 18.6. The molecule has 0 aromatic rings. The molecule has 3 N–H and O–H groups in total.